The molecule has 1 aliphatic rings. The van der Waals surface area contributed by atoms with Gasteiger partial charge in [-0.3, -0.25) is 4.79 Å². The highest BCUT2D eigenvalue weighted by Crippen LogP contribution is 2.35. The zero-order chi connectivity index (χ0) is 11.2. The number of rotatable bonds is 1. The molecule has 1 atom stereocenters. The van der Waals surface area contributed by atoms with Crippen LogP contribution in [-0.4, -0.2) is 12.9 Å². The van der Waals surface area contributed by atoms with Gasteiger partial charge in [0.15, 0.2) is 5.78 Å². The summed E-state index contributed by atoms with van der Waals surface area (Å²) in [6.45, 7) is 6.10. The quantitative estimate of drug-likeness (QED) is 0.703. The molecule has 0 saturated heterocycles. The molecule has 0 radical (unpaired) electrons. The third kappa shape index (κ3) is 1.36. The maximum absolute atomic E-state index is 11.9. The zero-order valence-electron chi connectivity index (χ0n) is 9.68. The van der Waals surface area contributed by atoms with Crippen LogP contribution in [0.2, 0.25) is 0 Å². The summed E-state index contributed by atoms with van der Waals surface area (Å²) in [5, 5.41) is 0. The Kier molecular flexibility index (Phi) is 2.29. The van der Waals surface area contributed by atoms with Gasteiger partial charge in [-0.15, -0.1) is 0 Å². The van der Waals surface area contributed by atoms with E-state index >= 15 is 0 Å². The van der Waals surface area contributed by atoms with E-state index in [-0.39, 0.29) is 11.7 Å². The van der Waals surface area contributed by atoms with Crippen molar-refractivity contribution in [1.29, 1.82) is 0 Å². The predicted octanol–water partition coefficient (Wildman–Crippen LogP) is 2.69. The van der Waals surface area contributed by atoms with Crippen LogP contribution in [-0.2, 0) is 6.42 Å². The van der Waals surface area contributed by atoms with Crippen molar-refractivity contribution in [3.8, 4) is 5.75 Å². The number of methoxy groups -OCH3 is 1. The van der Waals surface area contributed by atoms with Crippen LogP contribution in [0.3, 0.4) is 0 Å². The van der Waals surface area contributed by atoms with Gasteiger partial charge >= 0.3 is 0 Å². The number of ether oxygens (including phenoxy) is 1. The van der Waals surface area contributed by atoms with E-state index in [0.29, 0.717) is 0 Å². The fourth-order valence-electron chi connectivity index (χ4n) is 2.30. The summed E-state index contributed by atoms with van der Waals surface area (Å²) in [7, 11) is 1.65. The van der Waals surface area contributed by atoms with Crippen LogP contribution in [0.1, 0.15) is 34.0 Å². The van der Waals surface area contributed by atoms with Crippen LogP contribution in [0.25, 0.3) is 0 Å². The Bertz CT molecular complexity index is 433. The van der Waals surface area contributed by atoms with Gasteiger partial charge < -0.3 is 4.74 Å². The molecule has 2 nitrogen and oxygen atoms in total. The first-order valence-electron chi connectivity index (χ1n) is 5.27. The lowest BCUT2D eigenvalue weighted by atomic mass is 9.98. The summed E-state index contributed by atoms with van der Waals surface area (Å²) >= 11 is 0. The number of hydrogen-bond acceptors (Lipinski definition) is 2. The average Bonchev–Trinajstić information content (AvgIpc) is 2.50. The van der Waals surface area contributed by atoms with Gasteiger partial charge in [0.25, 0.3) is 0 Å². The first-order valence-corrected chi connectivity index (χ1v) is 5.27. The molecular formula is C13H16O2. The molecule has 1 aromatic rings. The standard InChI is InChI=1S/C13H16O2/c1-7-5-10-8(2)9(3)12(15-4)6-11(10)13(7)14/h6-7H,5H2,1-4H3. The van der Waals surface area contributed by atoms with Crippen LogP contribution in [0.15, 0.2) is 6.07 Å². The SMILES string of the molecule is COc1cc2c(c(C)c1C)CC(C)C2=O. The first-order chi connectivity index (χ1) is 7.06. The third-order valence-electron chi connectivity index (χ3n) is 3.43. The normalized spacial score (nSPS) is 19.2. The second-order valence-corrected chi connectivity index (χ2v) is 4.32. The van der Waals surface area contributed by atoms with Gasteiger partial charge in [0, 0.05) is 11.5 Å². The lowest BCUT2D eigenvalue weighted by Gasteiger charge is -2.11. The van der Waals surface area contributed by atoms with E-state index in [1.54, 1.807) is 7.11 Å². The molecule has 0 aliphatic heterocycles. The minimum Gasteiger partial charge on any atom is -0.496 e. The molecule has 1 aliphatic carbocycles. The smallest absolute Gasteiger partial charge is 0.166 e. The van der Waals surface area contributed by atoms with Crippen LogP contribution >= 0.6 is 0 Å². The van der Waals surface area contributed by atoms with Crippen molar-refractivity contribution in [3.05, 3.63) is 28.3 Å². The zero-order valence-corrected chi connectivity index (χ0v) is 9.68. The van der Waals surface area contributed by atoms with E-state index in [1.165, 1.54) is 11.1 Å². The number of hydrogen-bond donors (Lipinski definition) is 0. The third-order valence-corrected chi connectivity index (χ3v) is 3.43. The Morgan fingerprint density at radius 3 is 2.60 bits per heavy atom. The number of Topliss-reactive ketones (excluding diaryl/α,β-unsaturated/α-hetero) is 1. The fourth-order valence-corrected chi connectivity index (χ4v) is 2.30. The predicted molar refractivity (Wildman–Crippen MR) is 59.7 cm³/mol. The van der Waals surface area contributed by atoms with Gasteiger partial charge in [0.05, 0.1) is 7.11 Å². The molecule has 2 rings (SSSR count). The van der Waals surface area contributed by atoms with E-state index in [0.717, 1.165) is 23.3 Å². The number of carbonyl (C=O) groups is 1. The van der Waals surface area contributed by atoms with Gasteiger partial charge in [0.2, 0.25) is 0 Å². The molecule has 2 heteroatoms. The largest absolute Gasteiger partial charge is 0.496 e. The van der Waals surface area contributed by atoms with Crippen molar-refractivity contribution in [1.82, 2.24) is 0 Å². The van der Waals surface area contributed by atoms with Gasteiger partial charge in [-0.25, -0.2) is 0 Å². The van der Waals surface area contributed by atoms with Crippen molar-refractivity contribution in [3.63, 3.8) is 0 Å². The number of fused-ring (bicyclic) bond motifs is 1. The maximum Gasteiger partial charge on any atom is 0.166 e. The Morgan fingerprint density at radius 2 is 2.00 bits per heavy atom. The Morgan fingerprint density at radius 1 is 1.33 bits per heavy atom. The molecule has 0 amide bonds. The topological polar surface area (TPSA) is 26.3 Å². The fraction of sp³-hybridized carbons (Fsp3) is 0.462. The molecule has 80 valence electrons. The summed E-state index contributed by atoms with van der Waals surface area (Å²) in [4.78, 5) is 11.9. The van der Waals surface area contributed by atoms with Crippen LogP contribution in [0, 0.1) is 19.8 Å². The van der Waals surface area contributed by atoms with E-state index < -0.39 is 0 Å². The Labute approximate surface area is 90.3 Å². The molecule has 0 aromatic heterocycles. The maximum atomic E-state index is 11.9. The minimum absolute atomic E-state index is 0.130. The summed E-state index contributed by atoms with van der Waals surface area (Å²) in [6, 6.07) is 1.89. The molecule has 0 bridgehead atoms. The first kappa shape index (κ1) is 10.2. The Balaban J connectivity index is 2.66. The highest BCUT2D eigenvalue weighted by Gasteiger charge is 2.29. The van der Waals surface area contributed by atoms with Crippen molar-refractivity contribution in [2.45, 2.75) is 27.2 Å². The van der Waals surface area contributed by atoms with Gasteiger partial charge in [-0.05, 0) is 43.0 Å². The highest BCUT2D eigenvalue weighted by atomic mass is 16.5. The molecular weight excluding hydrogens is 188 g/mol. The summed E-state index contributed by atoms with van der Waals surface area (Å²) in [6.07, 6.45) is 0.880. The summed E-state index contributed by atoms with van der Waals surface area (Å²) in [5.41, 5.74) is 4.44. The second kappa shape index (κ2) is 3.37. The number of benzene rings is 1. The van der Waals surface area contributed by atoms with Crippen LogP contribution in [0.5, 0.6) is 5.75 Å². The van der Waals surface area contributed by atoms with Gasteiger partial charge in [-0.2, -0.15) is 0 Å². The van der Waals surface area contributed by atoms with Crippen molar-refractivity contribution in [2.24, 2.45) is 5.92 Å². The molecule has 0 N–H and O–H groups in total. The lowest BCUT2D eigenvalue weighted by molar-refractivity contribution is 0.0946. The highest BCUT2D eigenvalue weighted by molar-refractivity contribution is 6.03. The molecule has 0 heterocycles. The van der Waals surface area contributed by atoms with E-state index in [4.69, 9.17) is 4.74 Å². The van der Waals surface area contributed by atoms with Crippen LogP contribution < -0.4 is 4.74 Å². The monoisotopic (exact) mass is 204 g/mol. The molecule has 1 aromatic carbocycles. The number of carbonyl (C=O) groups excluding carboxylic acids is 1. The van der Waals surface area contributed by atoms with E-state index in [1.807, 2.05) is 19.9 Å². The minimum atomic E-state index is 0.130. The van der Waals surface area contributed by atoms with E-state index in [9.17, 15) is 4.79 Å². The molecule has 0 spiro atoms. The van der Waals surface area contributed by atoms with Gasteiger partial charge in [-0.1, -0.05) is 6.92 Å². The van der Waals surface area contributed by atoms with Crippen molar-refractivity contribution >= 4 is 5.78 Å². The van der Waals surface area contributed by atoms with Crippen molar-refractivity contribution in [2.75, 3.05) is 7.11 Å². The summed E-state index contributed by atoms with van der Waals surface area (Å²) in [5.74, 6) is 1.21. The van der Waals surface area contributed by atoms with Crippen molar-refractivity contribution < 1.29 is 9.53 Å². The van der Waals surface area contributed by atoms with E-state index in [2.05, 4.69) is 6.92 Å². The lowest BCUT2D eigenvalue weighted by Crippen LogP contribution is -2.03. The van der Waals surface area contributed by atoms with Crippen LogP contribution in [0.4, 0.5) is 0 Å². The second-order valence-electron chi connectivity index (χ2n) is 4.32. The average molecular weight is 204 g/mol. The molecule has 0 fully saturated rings. The molecule has 15 heavy (non-hydrogen) atoms. The summed E-state index contributed by atoms with van der Waals surface area (Å²) < 4.78 is 5.28. The molecule has 0 saturated carbocycles. The number of ketones is 1. The Hall–Kier alpha value is -1.31. The molecule has 1 unspecified atom stereocenters. The van der Waals surface area contributed by atoms with Gasteiger partial charge in [0.1, 0.15) is 5.75 Å².